The number of aryl methyl sites for hydroxylation is 1. The third kappa shape index (κ3) is 1.85. The van der Waals surface area contributed by atoms with E-state index in [2.05, 4.69) is 49.9 Å². The zero-order valence-corrected chi connectivity index (χ0v) is 10.2. The minimum atomic E-state index is 0.213. The standard InChI is InChI=1S/C14H19NO/c1-10(2)11-4-5-14-13(8-11)12(6-7-16)9-15(14)3/h4-5,8-10,16H,6-7H2,1-3H3. The van der Waals surface area contributed by atoms with Gasteiger partial charge >= 0.3 is 0 Å². The van der Waals surface area contributed by atoms with Crippen LogP contribution in [0.5, 0.6) is 0 Å². The number of hydrogen-bond donors (Lipinski definition) is 1. The van der Waals surface area contributed by atoms with Crippen LogP contribution in [0.25, 0.3) is 10.9 Å². The fourth-order valence-electron chi connectivity index (χ4n) is 2.17. The maximum Gasteiger partial charge on any atom is 0.0480 e. The lowest BCUT2D eigenvalue weighted by Crippen LogP contribution is -1.90. The predicted octanol–water partition coefficient (Wildman–Crippen LogP) is 2.84. The molecule has 0 amide bonds. The molecule has 0 saturated heterocycles. The Balaban J connectivity index is 2.60. The second-order valence-corrected chi connectivity index (χ2v) is 4.67. The molecule has 0 atom stereocenters. The van der Waals surface area contributed by atoms with Crippen molar-refractivity contribution in [1.29, 1.82) is 0 Å². The van der Waals surface area contributed by atoms with Crippen LogP contribution < -0.4 is 0 Å². The molecule has 0 spiro atoms. The molecule has 1 aromatic carbocycles. The highest BCUT2D eigenvalue weighted by Gasteiger charge is 2.08. The summed E-state index contributed by atoms with van der Waals surface area (Å²) in [7, 11) is 2.05. The van der Waals surface area contributed by atoms with Gasteiger partial charge in [-0.25, -0.2) is 0 Å². The fraction of sp³-hybridized carbons (Fsp3) is 0.429. The minimum absolute atomic E-state index is 0.213. The number of aliphatic hydroxyl groups is 1. The van der Waals surface area contributed by atoms with E-state index in [1.807, 2.05) is 0 Å². The Labute approximate surface area is 96.5 Å². The number of benzene rings is 1. The summed E-state index contributed by atoms with van der Waals surface area (Å²) in [5.74, 6) is 0.548. The largest absolute Gasteiger partial charge is 0.396 e. The van der Waals surface area contributed by atoms with Gasteiger partial charge in [-0.1, -0.05) is 19.9 Å². The van der Waals surface area contributed by atoms with E-state index >= 15 is 0 Å². The molecule has 1 aromatic heterocycles. The fourth-order valence-corrected chi connectivity index (χ4v) is 2.17. The van der Waals surface area contributed by atoms with Gasteiger partial charge in [0.2, 0.25) is 0 Å². The van der Waals surface area contributed by atoms with Crippen LogP contribution in [0.15, 0.2) is 24.4 Å². The topological polar surface area (TPSA) is 25.2 Å². The maximum atomic E-state index is 9.06. The zero-order valence-electron chi connectivity index (χ0n) is 10.2. The summed E-state index contributed by atoms with van der Waals surface area (Å²) in [6.45, 7) is 4.62. The average molecular weight is 217 g/mol. The van der Waals surface area contributed by atoms with Gasteiger partial charge in [0.25, 0.3) is 0 Å². The molecule has 0 saturated carbocycles. The van der Waals surface area contributed by atoms with E-state index in [0.717, 1.165) is 6.42 Å². The van der Waals surface area contributed by atoms with Gasteiger partial charge in [0.05, 0.1) is 0 Å². The van der Waals surface area contributed by atoms with Gasteiger partial charge in [0.1, 0.15) is 0 Å². The van der Waals surface area contributed by atoms with E-state index in [1.54, 1.807) is 0 Å². The Morgan fingerprint density at radius 2 is 2.06 bits per heavy atom. The lowest BCUT2D eigenvalue weighted by Gasteiger charge is -2.06. The van der Waals surface area contributed by atoms with Crippen molar-refractivity contribution in [1.82, 2.24) is 4.57 Å². The van der Waals surface area contributed by atoms with Crippen molar-refractivity contribution < 1.29 is 5.11 Å². The van der Waals surface area contributed by atoms with Crippen LogP contribution in [-0.2, 0) is 13.5 Å². The van der Waals surface area contributed by atoms with Crippen molar-refractivity contribution in [3.05, 3.63) is 35.5 Å². The van der Waals surface area contributed by atoms with Gasteiger partial charge in [0.15, 0.2) is 0 Å². The van der Waals surface area contributed by atoms with Crippen LogP contribution in [0.2, 0.25) is 0 Å². The molecule has 0 aliphatic heterocycles. The quantitative estimate of drug-likeness (QED) is 0.840. The molecular weight excluding hydrogens is 198 g/mol. The monoisotopic (exact) mass is 217 g/mol. The highest BCUT2D eigenvalue weighted by molar-refractivity contribution is 5.84. The third-order valence-electron chi connectivity index (χ3n) is 3.14. The SMILES string of the molecule is CC(C)c1ccc2c(c1)c(CCO)cn2C. The van der Waals surface area contributed by atoms with Crippen LogP contribution in [0.1, 0.15) is 30.9 Å². The molecule has 0 unspecified atom stereocenters. The second kappa shape index (κ2) is 4.30. The van der Waals surface area contributed by atoms with Crippen LogP contribution in [0.4, 0.5) is 0 Å². The Hall–Kier alpha value is -1.28. The molecule has 0 radical (unpaired) electrons. The highest BCUT2D eigenvalue weighted by Crippen LogP contribution is 2.25. The van der Waals surface area contributed by atoms with E-state index in [0.29, 0.717) is 5.92 Å². The lowest BCUT2D eigenvalue weighted by molar-refractivity contribution is 0.300. The first-order valence-corrected chi connectivity index (χ1v) is 5.82. The first-order chi connectivity index (χ1) is 7.63. The molecule has 16 heavy (non-hydrogen) atoms. The number of rotatable bonds is 3. The van der Waals surface area contributed by atoms with E-state index in [-0.39, 0.29) is 6.61 Å². The van der Waals surface area contributed by atoms with Crippen molar-refractivity contribution in [3.63, 3.8) is 0 Å². The van der Waals surface area contributed by atoms with E-state index in [9.17, 15) is 0 Å². The number of hydrogen-bond acceptors (Lipinski definition) is 1. The van der Waals surface area contributed by atoms with Gasteiger partial charge < -0.3 is 9.67 Å². The predicted molar refractivity (Wildman–Crippen MR) is 67.8 cm³/mol. The van der Waals surface area contributed by atoms with Gasteiger partial charge in [-0.15, -0.1) is 0 Å². The molecular formula is C14H19NO. The maximum absolute atomic E-state index is 9.06. The molecule has 1 N–H and O–H groups in total. The van der Waals surface area contributed by atoms with Gasteiger partial charge in [-0.2, -0.15) is 0 Å². The normalized spacial score (nSPS) is 11.6. The van der Waals surface area contributed by atoms with Gasteiger partial charge in [-0.3, -0.25) is 0 Å². The molecule has 0 aliphatic rings. The number of aliphatic hydroxyl groups excluding tert-OH is 1. The molecule has 2 aromatic rings. The summed E-state index contributed by atoms with van der Waals surface area (Å²) in [5, 5.41) is 10.3. The number of aromatic nitrogens is 1. The molecule has 0 aliphatic carbocycles. The van der Waals surface area contributed by atoms with Crippen molar-refractivity contribution in [2.75, 3.05) is 6.61 Å². The van der Waals surface area contributed by atoms with Crippen molar-refractivity contribution in [2.24, 2.45) is 7.05 Å². The molecule has 1 heterocycles. The van der Waals surface area contributed by atoms with E-state index in [1.165, 1.54) is 22.0 Å². The summed E-state index contributed by atoms with van der Waals surface area (Å²) in [6, 6.07) is 6.62. The van der Waals surface area contributed by atoms with Crippen LogP contribution in [0, 0.1) is 0 Å². The molecule has 86 valence electrons. The Morgan fingerprint density at radius 3 is 2.69 bits per heavy atom. The van der Waals surface area contributed by atoms with E-state index < -0.39 is 0 Å². The second-order valence-electron chi connectivity index (χ2n) is 4.67. The molecule has 2 nitrogen and oxygen atoms in total. The molecule has 2 rings (SSSR count). The number of nitrogens with zero attached hydrogens (tertiary/aromatic N) is 1. The van der Waals surface area contributed by atoms with Crippen molar-refractivity contribution in [2.45, 2.75) is 26.2 Å². The highest BCUT2D eigenvalue weighted by atomic mass is 16.2. The first-order valence-electron chi connectivity index (χ1n) is 5.82. The summed E-state index contributed by atoms with van der Waals surface area (Å²) in [6.07, 6.45) is 2.85. The summed E-state index contributed by atoms with van der Waals surface area (Å²) >= 11 is 0. The Kier molecular flexibility index (Phi) is 3.01. The van der Waals surface area contributed by atoms with Crippen LogP contribution in [0.3, 0.4) is 0 Å². The zero-order chi connectivity index (χ0) is 11.7. The van der Waals surface area contributed by atoms with Crippen LogP contribution in [-0.4, -0.2) is 16.3 Å². The third-order valence-corrected chi connectivity index (χ3v) is 3.14. The van der Waals surface area contributed by atoms with Crippen LogP contribution >= 0.6 is 0 Å². The lowest BCUT2D eigenvalue weighted by atomic mass is 10.00. The van der Waals surface area contributed by atoms with Gasteiger partial charge in [0, 0.05) is 30.8 Å². The minimum Gasteiger partial charge on any atom is -0.396 e. The van der Waals surface area contributed by atoms with Crippen molar-refractivity contribution >= 4 is 10.9 Å². The number of fused-ring (bicyclic) bond motifs is 1. The average Bonchev–Trinajstić information content (AvgIpc) is 2.56. The van der Waals surface area contributed by atoms with Gasteiger partial charge in [-0.05, 0) is 35.6 Å². The summed E-state index contributed by atoms with van der Waals surface area (Å²) in [5.41, 5.74) is 3.84. The summed E-state index contributed by atoms with van der Waals surface area (Å²) in [4.78, 5) is 0. The van der Waals surface area contributed by atoms with E-state index in [4.69, 9.17) is 5.11 Å². The van der Waals surface area contributed by atoms with Crippen molar-refractivity contribution in [3.8, 4) is 0 Å². The molecule has 0 bridgehead atoms. The Morgan fingerprint density at radius 1 is 1.31 bits per heavy atom. The first kappa shape index (κ1) is 11.2. The summed E-state index contributed by atoms with van der Waals surface area (Å²) < 4.78 is 2.13. The Bertz CT molecular complexity index is 497. The molecule has 0 fully saturated rings. The smallest absolute Gasteiger partial charge is 0.0480 e. The molecule has 2 heteroatoms.